The number of rotatable bonds is 5. The van der Waals surface area contributed by atoms with Crippen LogP contribution in [0, 0.1) is 0 Å². The topological polar surface area (TPSA) is 72.1 Å². The molecule has 8 heteroatoms. The van der Waals surface area contributed by atoms with Crippen molar-refractivity contribution in [3.8, 4) is 23.0 Å². The van der Waals surface area contributed by atoms with Crippen LogP contribution >= 0.6 is 0 Å². The molecule has 0 aliphatic carbocycles. The molecule has 0 radical (unpaired) electrons. The number of hydrogen-bond acceptors (Lipinski definition) is 5. The fraction of sp³-hybridized carbons (Fsp3) is 0.414. The molecule has 0 aliphatic heterocycles. The average molecular weight is 587 g/mol. The van der Waals surface area contributed by atoms with Gasteiger partial charge in [-0.25, -0.2) is 0 Å². The van der Waals surface area contributed by atoms with Crippen molar-refractivity contribution in [1.29, 1.82) is 0 Å². The van der Waals surface area contributed by atoms with E-state index in [1.807, 2.05) is 62.4 Å². The molecule has 37 heavy (non-hydrogen) atoms. The molecule has 206 valence electrons. The van der Waals surface area contributed by atoms with Crippen LogP contribution in [0.3, 0.4) is 0 Å². The fourth-order valence-electron chi connectivity index (χ4n) is 3.12. The molecule has 0 spiro atoms. The van der Waals surface area contributed by atoms with E-state index < -0.39 is 0 Å². The summed E-state index contributed by atoms with van der Waals surface area (Å²) in [6.07, 6.45) is 1.66. The molecule has 3 rings (SSSR count). The van der Waals surface area contributed by atoms with Gasteiger partial charge in [-0.2, -0.15) is 0 Å². The van der Waals surface area contributed by atoms with Crippen LogP contribution in [0.1, 0.15) is 72.3 Å². The summed E-state index contributed by atoms with van der Waals surface area (Å²) < 4.78 is 17.6. The third-order valence-corrected chi connectivity index (χ3v) is 5.30. The van der Waals surface area contributed by atoms with Crippen molar-refractivity contribution in [2.24, 2.45) is 0 Å². The van der Waals surface area contributed by atoms with Gasteiger partial charge in [0.25, 0.3) is 0 Å². The first kappa shape index (κ1) is 37.2. The molecule has 0 fully saturated rings. The number of halogens is 2. The molecule has 0 saturated carbocycles. The number of hydrogen-bond donors (Lipinski definition) is 2. The van der Waals surface area contributed by atoms with Crippen molar-refractivity contribution < 1.29 is 68.9 Å². The molecule has 5 nitrogen and oxygen atoms in total. The van der Waals surface area contributed by atoms with Crippen LogP contribution in [-0.4, -0.2) is 27.7 Å². The Morgan fingerprint density at radius 2 is 1.16 bits per heavy atom. The summed E-state index contributed by atoms with van der Waals surface area (Å²) in [4.78, 5) is 0. The van der Waals surface area contributed by atoms with Crippen LogP contribution in [0.2, 0.25) is 0 Å². The minimum atomic E-state index is -0.0583. The number of aromatic hydroxyl groups is 2. The Bertz CT molecular complexity index is 974. The van der Waals surface area contributed by atoms with Crippen LogP contribution in [-0.2, 0) is 30.8 Å². The van der Waals surface area contributed by atoms with Gasteiger partial charge in [-0.05, 0) is 61.1 Å². The van der Waals surface area contributed by atoms with Crippen LogP contribution < -0.4 is 34.3 Å². The van der Waals surface area contributed by atoms with E-state index in [1.54, 1.807) is 30.5 Å². The Labute approximate surface area is 246 Å². The Morgan fingerprint density at radius 3 is 1.41 bits per heavy atom. The van der Waals surface area contributed by atoms with Gasteiger partial charge in [0.1, 0.15) is 23.0 Å². The molecular weight excluding hydrogens is 547 g/mol. The first-order chi connectivity index (χ1) is 16.3. The normalized spacial score (nSPS) is 10.2. The van der Waals surface area contributed by atoms with E-state index in [0.717, 1.165) is 28.4 Å². The third-order valence-electron chi connectivity index (χ3n) is 4.86. The predicted octanol–water partition coefficient (Wildman–Crippen LogP) is 1.16. The van der Waals surface area contributed by atoms with Gasteiger partial charge in [0.05, 0.1) is 13.2 Å². The second-order valence-electron chi connectivity index (χ2n) is 9.88. The monoisotopic (exact) mass is 586 g/mol. The quantitative estimate of drug-likeness (QED) is 0.439. The fourth-order valence-corrected chi connectivity index (χ4v) is 3.37. The molecule has 3 aromatic rings. The second kappa shape index (κ2) is 17.6. The van der Waals surface area contributed by atoms with Gasteiger partial charge in [-0.1, -0.05) is 41.5 Å². The first-order valence-electron chi connectivity index (χ1n) is 11.8. The maximum atomic E-state index is 9.68. The summed E-state index contributed by atoms with van der Waals surface area (Å²) in [6.45, 7) is 17.6. The Balaban J connectivity index is 0. The summed E-state index contributed by atoms with van der Waals surface area (Å²) in [5, 5.41) is 19.4. The first-order valence-corrected chi connectivity index (χ1v) is 12.7. The van der Waals surface area contributed by atoms with E-state index in [9.17, 15) is 10.2 Å². The summed E-state index contributed by atoms with van der Waals surface area (Å²) in [6, 6.07) is 14.5. The van der Waals surface area contributed by atoms with E-state index in [2.05, 4.69) is 41.5 Å². The van der Waals surface area contributed by atoms with Crippen LogP contribution in [0.15, 0.2) is 59.2 Å². The Kier molecular flexibility index (Phi) is 17.7. The summed E-state index contributed by atoms with van der Waals surface area (Å²) in [5.74, 6) is 3.23. The molecule has 0 aliphatic rings. The van der Waals surface area contributed by atoms with Crippen LogP contribution in [0.5, 0.6) is 23.0 Å². The molecule has 1 heterocycles. The SMILES string of the molecule is CCOc1ccc(O)c(C(C)(C)C)c1.CCOc1ccc(O)c(C(C)(C)C)c1.[Cl-].[Cl-].[Ti]=[CH]c1ccco1. The number of furan rings is 1. The molecule has 0 saturated heterocycles. The van der Waals surface area contributed by atoms with Crippen molar-refractivity contribution in [2.45, 2.75) is 66.2 Å². The molecular formula is C29H40Cl2O5Ti-2. The molecule has 2 N–H and O–H groups in total. The van der Waals surface area contributed by atoms with Gasteiger partial charge in [0.15, 0.2) is 0 Å². The number of ether oxygens (including phenoxy) is 2. The zero-order chi connectivity index (χ0) is 26.6. The van der Waals surface area contributed by atoms with Gasteiger partial charge in [-0.3, -0.25) is 0 Å². The van der Waals surface area contributed by atoms with E-state index in [4.69, 9.17) is 13.9 Å². The van der Waals surface area contributed by atoms with E-state index in [-0.39, 0.29) is 35.6 Å². The molecule has 0 atom stereocenters. The Hall–Kier alpha value is -1.92. The van der Waals surface area contributed by atoms with Crippen LogP contribution in [0.25, 0.3) is 0 Å². The number of phenolic OH excluding ortho intramolecular Hbond substituents is 2. The minimum absolute atomic E-state index is 0. The third kappa shape index (κ3) is 13.4. The molecule has 0 amide bonds. The summed E-state index contributed by atoms with van der Waals surface area (Å²) in [5.41, 5.74) is 1.72. The second-order valence-corrected chi connectivity index (χ2v) is 10.3. The number of phenols is 2. The molecule has 0 unspecified atom stereocenters. The van der Waals surface area contributed by atoms with E-state index in [0.29, 0.717) is 24.7 Å². The average Bonchev–Trinajstić information content (AvgIpc) is 3.30. The van der Waals surface area contributed by atoms with Gasteiger partial charge in [0.2, 0.25) is 0 Å². The maximum absolute atomic E-state index is 9.68. The summed E-state index contributed by atoms with van der Waals surface area (Å²) in [7, 11) is 0. The van der Waals surface area contributed by atoms with E-state index in [1.165, 1.54) is 0 Å². The van der Waals surface area contributed by atoms with Gasteiger partial charge >= 0.3 is 52.9 Å². The van der Waals surface area contributed by atoms with Gasteiger partial charge in [-0.15, -0.1) is 0 Å². The predicted molar refractivity (Wildman–Crippen MR) is 140 cm³/mol. The van der Waals surface area contributed by atoms with E-state index >= 15 is 0 Å². The van der Waals surface area contributed by atoms with Crippen molar-refractivity contribution in [1.82, 2.24) is 0 Å². The zero-order valence-corrected chi connectivity index (χ0v) is 26.1. The van der Waals surface area contributed by atoms with Gasteiger partial charge in [0, 0.05) is 11.1 Å². The molecule has 2 aromatic carbocycles. The van der Waals surface area contributed by atoms with Crippen molar-refractivity contribution in [3.05, 3.63) is 71.7 Å². The number of benzene rings is 2. The molecule has 1 aromatic heterocycles. The Morgan fingerprint density at radius 1 is 0.757 bits per heavy atom. The van der Waals surface area contributed by atoms with Gasteiger partial charge < -0.3 is 44.5 Å². The van der Waals surface area contributed by atoms with Crippen molar-refractivity contribution in [3.63, 3.8) is 0 Å². The molecule has 0 bridgehead atoms. The van der Waals surface area contributed by atoms with Crippen LogP contribution in [0.4, 0.5) is 0 Å². The van der Waals surface area contributed by atoms with Crippen molar-refractivity contribution >= 4 is 4.31 Å². The standard InChI is InChI=1S/2C12H18O2.C5H4O.2ClH.Ti/c2*1-5-14-9-6-7-11(13)10(8-9)12(2,3)4;1-5-3-2-4-6-5;;;/h2*6-8,13H,5H2,1-4H3;1-4H;2*1H;/p-2. The summed E-state index contributed by atoms with van der Waals surface area (Å²) >= 11 is 1.94. The van der Waals surface area contributed by atoms with Crippen molar-refractivity contribution in [2.75, 3.05) is 13.2 Å². The zero-order valence-electron chi connectivity index (χ0n) is 23.1.